The van der Waals surface area contributed by atoms with Gasteiger partial charge in [-0.3, -0.25) is 14.4 Å². The molecule has 0 bridgehead atoms. The number of anilines is 1. The van der Waals surface area contributed by atoms with Gasteiger partial charge in [-0.15, -0.1) is 0 Å². The third kappa shape index (κ3) is 13.8. The molecule has 1 aliphatic heterocycles. The van der Waals surface area contributed by atoms with E-state index in [1.54, 1.807) is 26.0 Å². The summed E-state index contributed by atoms with van der Waals surface area (Å²) >= 11 is 0. The van der Waals surface area contributed by atoms with Crippen LogP contribution in [0.25, 0.3) is 0 Å². The number of rotatable bonds is 13. The second-order valence-electron chi connectivity index (χ2n) is 9.46. The fourth-order valence-electron chi connectivity index (χ4n) is 3.83. The molecule has 0 radical (unpaired) electrons. The minimum Gasteiger partial charge on any atom is -0.508 e. The molecule has 0 aromatic heterocycles. The number of para-hydroxylation sites is 1. The first-order valence-corrected chi connectivity index (χ1v) is 13.2. The number of carboxylic acids is 1. The standard InChI is InChI=1S/C18H20FNO.C12H18N2O6.CH4/c19-16-9-7-15(8-10-16)18(21)11-6-14-12-20(13-14)17-4-2-1-3-5-17;1-3-9(15)4-8(2)20-7-11(17)13-5-10(16)14-6-12(18)19;/h1-5,7-10,14,18,21H,6,11-13H2;3-4,15H,5-7H2,1-2H3,(H,13,17)(H,14,16)(H,18,19);1H4/b;8-4+,9-3+;. The predicted molar refractivity (Wildman–Crippen MR) is 159 cm³/mol. The molecule has 11 heteroatoms. The topological polar surface area (TPSA) is 148 Å². The van der Waals surface area contributed by atoms with Gasteiger partial charge in [0.15, 0.2) is 6.61 Å². The molecule has 1 atom stereocenters. The first kappa shape index (κ1) is 35.6. The molecule has 0 aliphatic carbocycles. The lowest BCUT2D eigenvalue weighted by atomic mass is 9.91. The number of halogens is 1. The maximum atomic E-state index is 12.8. The highest BCUT2D eigenvalue weighted by atomic mass is 19.1. The van der Waals surface area contributed by atoms with Gasteiger partial charge in [0, 0.05) is 24.9 Å². The van der Waals surface area contributed by atoms with Crippen LogP contribution in [0.1, 0.15) is 45.8 Å². The number of carboxylic acid groups (broad SMARTS) is 1. The number of nitrogens with zero attached hydrogens (tertiary/aromatic N) is 1. The second-order valence-corrected chi connectivity index (χ2v) is 9.46. The summed E-state index contributed by atoms with van der Waals surface area (Å²) in [5, 5.41) is 32.0. The number of amides is 2. The highest BCUT2D eigenvalue weighted by molar-refractivity contribution is 5.87. The summed E-state index contributed by atoms with van der Waals surface area (Å²) in [7, 11) is 0. The van der Waals surface area contributed by atoms with E-state index in [4.69, 9.17) is 9.84 Å². The quantitative estimate of drug-likeness (QED) is 0.174. The Hall–Kier alpha value is -4.38. The lowest BCUT2D eigenvalue weighted by Crippen LogP contribution is -2.46. The van der Waals surface area contributed by atoms with Crippen molar-refractivity contribution in [3.8, 4) is 0 Å². The maximum Gasteiger partial charge on any atom is 0.322 e. The van der Waals surface area contributed by atoms with Crippen molar-refractivity contribution in [2.75, 3.05) is 37.7 Å². The number of carbonyl (C=O) groups excluding carboxylic acids is 2. The van der Waals surface area contributed by atoms with Crippen LogP contribution in [0, 0.1) is 11.7 Å². The van der Waals surface area contributed by atoms with E-state index in [1.165, 1.54) is 30.0 Å². The first-order chi connectivity index (χ1) is 19.6. The number of nitrogens with one attached hydrogen (secondary N) is 2. The number of carbonyl (C=O) groups is 3. The second kappa shape index (κ2) is 18.9. The zero-order valence-corrected chi connectivity index (χ0v) is 23.3. The molecule has 2 aromatic carbocycles. The zero-order valence-electron chi connectivity index (χ0n) is 23.3. The van der Waals surface area contributed by atoms with Gasteiger partial charge in [0.1, 0.15) is 18.1 Å². The van der Waals surface area contributed by atoms with Gasteiger partial charge in [-0.1, -0.05) is 37.8 Å². The Labute approximate surface area is 246 Å². The molecular weight excluding hydrogens is 545 g/mol. The fraction of sp³-hybridized carbons (Fsp3) is 0.387. The van der Waals surface area contributed by atoms with Crippen molar-refractivity contribution in [3.05, 3.63) is 89.6 Å². The van der Waals surface area contributed by atoms with Crippen molar-refractivity contribution >= 4 is 23.5 Å². The van der Waals surface area contributed by atoms with E-state index in [0.29, 0.717) is 11.7 Å². The molecule has 5 N–H and O–H groups in total. The lowest BCUT2D eigenvalue weighted by molar-refractivity contribution is -0.137. The average molecular weight is 588 g/mol. The number of aliphatic carboxylic acids is 1. The molecule has 3 rings (SSSR count). The van der Waals surface area contributed by atoms with Gasteiger partial charge in [0.05, 0.1) is 18.4 Å². The van der Waals surface area contributed by atoms with Gasteiger partial charge in [0.2, 0.25) is 5.91 Å². The Bertz CT molecular complexity index is 1180. The number of benzene rings is 2. The Morgan fingerprint density at radius 1 is 1.02 bits per heavy atom. The smallest absolute Gasteiger partial charge is 0.322 e. The summed E-state index contributed by atoms with van der Waals surface area (Å²) in [6.07, 6.45) is 4.05. The monoisotopic (exact) mass is 587 g/mol. The van der Waals surface area contributed by atoms with Crippen molar-refractivity contribution < 1.29 is 38.8 Å². The maximum absolute atomic E-state index is 12.8. The van der Waals surface area contributed by atoms with Gasteiger partial charge >= 0.3 is 5.97 Å². The largest absolute Gasteiger partial charge is 0.508 e. The van der Waals surface area contributed by atoms with Crippen LogP contribution in [0.15, 0.2) is 78.3 Å². The van der Waals surface area contributed by atoms with E-state index in [9.17, 15) is 29.0 Å². The molecule has 1 unspecified atom stereocenters. The minimum absolute atomic E-state index is 0. The van der Waals surface area contributed by atoms with Crippen LogP contribution in [0.3, 0.4) is 0 Å². The summed E-state index contributed by atoms with van der Waals surface area (Å²) in [5.41, 5.74) is 2.07. The number of hydrogen-bond acceptors (Lipinski definition) is 7. The molecular formula is C31H42FN3O7. The first-order valence-electron chi connectivity index (χ1n) is 13.2. The number of aliphatic hydroxyl groups is 2. The Morgan fingerprint density at radius 2 is 1.64 bits per heavy atom. The number of allylic oxidation sites excluding steroid dienone is 3. The normalized spacial score (nSPS) is 13.9. The van der Waals surface area contributed by atoms with Gasteiger partial charge in [0.25, 0.3) is 5.91 Å². The van der Waals surface area contributed by atoms with E-state index in [0.717, 1.165) is 31.5 Å². The van der Waals surface area contributed by atoms with E-state index in [1.807, 2.05) is 6.07 Å². The third-order valence-electron chi connectivity index (χ3n) is 6.14. The molecule has 2 amide bonds. The molecule has 10 nitrogen and oxygen atoms in total. The third-order valence-corrected chi connectivity index (χ3v) is 6.14. The highest BCUT2D eigenvalue weighted by Gasteiger charge is 2.27. The van der Waals surface area contributed by atoms with E-state index in [2.05, 4.69) is 39.8 Å². The number of hydrogen-bond donors (Lipinski definition) is 5. The van der Waals surface area contributed by atoms with Crippen molar-refractivity contribution in [2.45, 2.75) is 40.2 Å². The van der Waals surface area contributed by atoms with Gasteiger partial charge in [-0.25, -0.2) is 4.39 Å². The molecule has 230 valence electrons. The van der Waals surface area contributed by atoms with Crippen LogP contribution in [-0.4, -0.2) is 65.9 Å². The molecule has 0 spiro atoms. The van der Waals surface area contributed by atoms with E-state index >= 15 is 0 Å². The summed E-state index contributed by atoms with van der Waals surface area (Å²) < 4.78 is 17.9. The number of ether oxygens (including phenoxy) is 1. The molecule has 1 aliphatic rings. The Morgan fingerprint density at radius 3 is 2.24 bits per heavy atom. The van der Waals surface area contributed by atoms with Crippen molar-refractivity contribution in [1.82, 2.24) is 10.6 Å². The lowest BCUT2D eigenvalue weighted by Gasteiger charge is -2.41. The van der Waals surface area contributed by atoms with Crippen molar-refractivity contribution in [1.29, 1.82) is 0 Å². The summed E-state index contributed by atoms with van der Waals surface area (Å²) in [6, 6.07) is 16.5. The molecule has 2 aromatic rings. The SMILES string of the molecule is C.C/C=C(O)\C=C(/C)OCC(=O)NCC(=O)NCC(=O)O.OC(CCC1CN(c2ccccc2)C1)c1ccc(F)cc1. The van der Waals surface area contributed by atoms with E-state index in [-0.39, 0.29) is 32.2 Å². The van der Waals surface area contributed by atoms with Crippen molar-refractivity contribution in [2.24, 2.45) is 5.92 Å². The van der Waals surface area contributed by atoms with Gasteiger partial charge in [-0.2, -0.15) is 0 Å². The van der Waals surface area contributed by atoms with Gasteiger partial charge in [-0.05, 0) is 68.5 Å². The molecule has 0 saturated carbocycles. The highest BCUT2D eigenvalue weighted by Crippen LogP contribution is 2.29. The zero-order chi connectivity index (χ0) is 30.2. The van der Waals surface area contributed by atoms with Crippen LogP contribution in [0.2, 0.25) is 0 Å². The van der Waals surface area contributed by atoms with Crippen LogP contribution in [-0.2, 0) is 19.1 Å². The molecule has 1 saturated heterocycles. The van der Waals surface area contributed by atoms with Gasteiger partial charge < -0.3 is 35.6 Å². The summed E-state index contributed by atoms with van der Waals surface area (Å²) in [4.78, 5) is 34.9. The molecule has 42 heavy (non-hydrogen) atoms. The van der Waals surface area contributed by atoms with Crippen LogP contribution in [0.5, 0.6) is 0 Å². The number of aliphatic hydroxyl groups excluding tert-OH is 2. The fourth-order valence-corrected chi connectivity index (χ4v) is 3.83. The van der Waals surface area contributed by atoms with Crippen molar-refractivity contribution in [3.63, 3.8) is 0 Å². The Kier molecular flexibility index (Phi) is 16.0. The summed E-state index contributed by atoms with van der Waals surface area (Å²) in [5.74, 6) is -1.59. The summed E-state index contributed by atoms with van der Waals surface area (Å²) in [6.45, 7) is 4.16. The average Bonchev–Trinajstić information content (AvgIpc) is 2.94. The van der Waals surface area contributed by atoms with Crippen LogP contribution < -0.4 is 15.5 Å². The van der Waals surface area contributed by atoms with E-state index < -0.39 is 30.4 Å². The molecule has 1 heterocycles. The Balaban J connectivity index is 0.000000411. The molecule has 1 fully saturated rings. The predicted octanol–water partition coefficient (Wildman–Crippen LogP) is 4.10. The van der Waals surface area contributed by atoms with Crippen LogP contribution in [0.4, 0.5) is 10.1 Å². The minimum atomic E-state index is -1.17. The van der Waals surface area contributed by atoms with Crippen LogP contribution >= 0.6 is 0 Å².